The highest BCUT2D eigenvalue weighted by Gasteiger charge is 2.17. The van der Waals surface area contributed by atoms with Crippen molar-refractivity contribution < 1.29 is 4.79 Å². The van der Waals surface area contributed by atoms with Crippen LogP contribution in [0, 0.1) is 20.8 Å². The SMILES string of the molecule is Cc1ccc(Cl)cc1NC(=O)CSc1nnc(CNc2c(C)cccc2C)n1-c1ccccc1. The summed E-state index contributed by atoms with van der Waals surface area (Å²) in [6.07, 6.45) is 0. The Hall–Kier alpha value is -3.29. The molecular weight excluding hydrogens is 466 g/mol. The van der Waals surface area contributed by atoms with E-state index in [1.807, 2.05) is 54.0 Å². The number of amides is 1. The second-order valence-electron chi connectivity index (χ2n) is 7.99. The number of para-hydroxylation sites is 2. The maximum absolute atomic E-state index is 12.6. The summed E-state index contributed by atoms with van der Waals surface area (Å²) in [6.45, 7) is 6.60. The number of hydrogen-bond acceptors (Lipinski definition) is 5. The molecule has 0 aliphatic rings. The third-order valence-corrected chi connectivity index (χ3v) is 6.59. The Bertz CT molecular complexity index is 1290. The lowest BCUT2D eigenvalue weighted by molar-refractivity contribution is -0.113. The Morgan fingerprint density at radius 1 is 0.941 bits per heavy atom. The fourth-order valence-electron chi connectivity index (χ4n) is 3.65. The van der Waals surface area contributed by atoms with E-state index in [0.29, 0.717) is 22.4 Å². The highest BCUT2D eigenvalue weighted by molar-refractivity contribution is 7.99. The lowest BCUT2D eigenvalue weighted by Crippen LogP contribution is -2.15. The molecule has 1 heterocycles. The summed E-state index contributed by atoms with van der Waals surface area (Å²) < 4.78 is 1.99. The highest BCUT2D eigenvalue weighted by Crippen LogP contribution is 2.25. The maximum atomic E-state index is 12.6. The second kappa shape index (κ2) is 10.8. The van der Waals surface area contributed by atoms with Gasteiger partial charge >= 0.3 is 0 Å². The molecule has 0 fully saturated rings. The number of carbonyl (C=O) groups is 1. The number of nitrogens with zero attached hydrogens (tertiary/aromatic N) is 3. The average Bonchev–Trinajstić information content (AvgIpc) is 3.23. The number of nitrogens with one attached hydrogen (secondary N) is 2. The van der Waals surface area contributed by atoms with Gasteiger partial charge in [-0.15, -0.1) is 10.2 Å². The maximum Gasteiger partial charge on any atom is 0.234 e. The number of halogens is 1. The summed E-state index contributed by atoms with van der Waals surface area (Å²) in [6, 6.07) is 21.6. The number of rotatable bonds is 8. The second-order valence-corrected chi connectivity index (χ2v) is 9.37. The van der Waals surface area contributed by atoms with Crippen molar-refractivity contribution in [1.29, 1.82) is 0 Å². The summed E-state index contributed by atoms with van der Waals surface area (Å²) >= 11 is 7.42. The lowest BCUT2D eigenvalue weighted by atomic mass is 10.1. The van der Waals surface area contributed by atoms with Gasteiger partial charge in [0.05, 0.1) is 12.3 Å². The number of benzene rings is 3. The van der Waals surface area contributed by atoms with Gasteiger partial charge in [0.25, 0.3) is 0 Å². The molecule has 3 aromatic carbocycles. The van der Waals surface area contributed by atoms with Crippen LogP contribution in [0.3, 0.4) is 0 Å². The predicted molar refractivity (Wildman–Crippen MR) is 140 cm³/mol. The van der Waals surface area contributed by atoms with Gasteiger partial charge in [-0.2, -0.15) is 0 Å². The van der Waals surface area contributed by atoms with E-state index in [-0.39, 0.29) is 11.7 Å². The molecule has 1 aromatic heterocycles. The van der Waals surface area contributed by atoms with Crippen molar-refractivity contribution >= 4 is 40.6 Å². The third kappa shape index (κ3) is 5.61. The van der Waals surface area contributed by atoms with Crippen LogP contribution in [-0.2, 0) is 11.3 Å². The van der Waals surface area contributed by atoms with Gasteiger partial charge in [-0.1, -0.05) is 65.8 Å². The van der Waals surface area contributed by atoms with Crippen molar-refractivity contribution in [2.45, 2.75) is 32.5 Å². The molecule has 34 heavy (non-hydrogen) atoms. The van der Waals surface area contributed by atoms with Gasteiger partial charge in [-0.05, 0) is 61.7 Å². The van der Waals surface area contributed by atoms with E-state index < -0.39 is 0 Å². The Morgan fingerprint density at radius 3 is 2.41 bits per heavy atom. The first-order valence-electron chi connectivity index (χ1n) is 10.9. The first-order chi connectivity index (χ1) is 16.4. The van der Waals surface area contributed by atoms with Crippen LogP contribution in [-0.4, -0.2) is 26.4 Å². The summed E-state index contributed by atoms with van der Waals surface area (Å²) in [5.74, 6) is 0.831. The van der Waals surface area contributed by atoms with E-state index in [9.17, 15) is 4.79 Å². The molecule has 0 bridgehead atoms. The first kappa shape index (κ1) is 23.9. The molecule has 174 valence electrons. The minimum Gasteiger partial charge on any atom is -0.377 e. The number of hydrogen-bond donors (Lipinski definition) is 2. The minimum absolute atomic E-state index is 0.131. The van der Waals surface area contributed by atoms with Crippen molar-refractivity contribution in [2.75, 3.05) is 16.4 Å². The van der Waals surface area contributed by atoms with Crippen molar-refractivity contribution in [2.24, 2.45) is 0 Å². The van der Waals surface area contributed by atoms with E-state index in [1.54, 1.807) is 12.1 Å². The minimum atomic E-state index is -0.131. The highest BCUT2D eigenvalue weighted by atomic mass is 35.5. The molecule has 0 unspecified atom stereocenters. The molecular formula is C26H26ClN5OS. The van der Waals surface area contributed by atoms with Crippen LogP contribution in [0.25, 0.3) is 5.69 Å². The standard InChI is InChI=1S/C26H26ClN5OS/c1-17-12-13-20(27)14-22(17)29-24(33)16-34-26-31-30-23(32(26)21-10-5-4-6-11-21)15-28-25-18(2)8-7-9-19(25)3/h4-14,28H,15-16H2,1-3H3,(H,29,33). The molecule has 0 aliphatic heterocycles. The van der Waals surface area contributed by atoms with Gasteiger partial charge in [-0.25, -0.2) is 0 Å². The molecule has 4 rings (SSSR count). The number of thioether (sulfide) groups is 1. The number of carbonyl (C=O) groups excluding carboxylic acids is 1. The number of aryl methyl sites for hydroxylation is 3. The van der Waals surface area contributed by atoms with Crippen LogP contribution < -0.4 is 10.6 Å². The van der Waals surface area contributed by atoms with Gasteiger partial charge in [0.15, 0.2) is 11.0 Å². The molecule has 0 spiro atoms. The summed E-state index contributed by atoms with van der Waals surface area (Å²) in [7, 11) is 0. The van der Waals surface area contributed by atoms with E-state index in [1.165, 1.54) is 22.9 Å². The third-order valence-electron chi connectivity index (χ3n) is 5.43. The van der Waals surface area contributed by atoms with Gasteiger partial charge < -0.3 is 10.6 Å². The van der Waals surface area contributed by atoms with Crippen molar-refractivity contribution in [3.8, 4) is 5.69 Å². The summed E-state index contributed by atoms with van der Waals surface area (Å²) in [4.78, 5) is 12.6. The quantitative estimate of drug-likeness (QED) is 0.287. The number of anilines is 2. The zero-order valence-electron chi connectivity index (χ0n) is 19.3. The van der Waals surface area contributed by atoms with Crippen molar-refractivity contribution in [1.82, 2.24) is 14.8 Å². The molecule has 0 aliphatic carbocycles. The van der Waals surface area contributed by atoms with Gasteiger partial charge in [0, 0.05) is 22.1 Å². The smallest absolute Gasteiger partial charge is 0.234 e. The summed E-state index contributed by atoms with van der Waals surface area (Å²) in [5.41, 5.74) is 6.05. The van der Waals surface area contributed by atoms with Gasteiger partial charge in [-0.3, -0.25) is 9.36 Å². The fourth-order valence-corrected chi connectivity index (χ4v) is 4.59. The average molecular weight is 492 g/mol. The van der Waals surface area contributed by atoms with Gasteiger partial charge in [0.2, 0.25) is 5.91 Å². The van der Waals surface area contributed by atoms with E-state index in [2.05, 4.69) is 46.8 Å². The molecule has 0 saturated carbocycles. The van der Waals surface area contributed by atoms with E-state index in [0.717, 1.165) is 22.8 Å². The van der Waals surface area contributed by atoms with E-state index in [4.69, 9.17) is 11.6 Å². The zero-order valence-corrected chi connectivity index (χ0v) is 20.9. The number of aromatic nitrogens is 3. The fraction of sp³-hybridized carbons (Fsp3) is 0.192. The van der Waals surface area contributed by atoms with Crippen molar-refractivity contribution in [3.05, 3.63) is 94.3 Å². The van der Waals surface area contributed by atoms with Crippen LogP contribution in [0.1, 0.15) is 22.5 Å². The monoisotopic (exact) mass is 491 g/mol. The van der Waals surface area contributed by atoms with Crippen LogP contribution in [0.15, 0.2) is 71.9 Å². The van der Waals surface area contributed by atoms with Gasteiger partial charge in [0.1, 0.15) is 0 Å². The molecule has 1 amide bonds. The zero-order chi connectivity index (χ0) is 24.1. The molecule has 2 N–H and O–H groups in total. The van der Waals surface area contributed by atoms with Crippen molar-refractivity contribution in [3.63, 3.8) is 0 Å². The predicted octanol–water partition coefficient (Wildman–Crippen LogP) is 6.19. The molecule has 8 heteroatoms. The topological polar surface area (TPSA) is 71.8 Å². The lowest BCUT2D eigenvalue weighted by Gasteiger charge is -2.14. The summed E-state index contributed by atoms with van der Waals surface area (Å²) in [5, 5.41) is 16.5. The van der Waals surface area contributed by atoms with Crippen LogP contribution in [0.4, 0.5) is 11.4 Å². The van der Waals surface area contributed by atoms with Crippen LogP contribution in [0.2, 0.25) is 5.02 Å². The Labute approximate surface area is 208 Å². The Kier molecular flexibility index (Phi) is 7.55. The van der Waals surface area contributed by atoms with Crippen LogP contribution in [0.5, 0.6) is 0 Å². The largest absolute Gasteiger partial charge is 0.377 e. The normalized spacial score (nSPS) is 10.8. The van der Waals surface area contributed by atoms with E-state index >= 15 is 0 Å². The first-order valence-corrected chi connectivity index (χ1v) is 12.3. The molecule has 0 saturated heterocycles. The molecule has 0 radical (unpaired) electrons. The Morgan fingerprint density at radius 2 is 1.68 bits per heavy atom. The Balaban J connectivity index is 1.52. The molecule has 4 aromatic rings. The molecule has 6 nitrogen and oxygen atoms in total. The molecule has 0 atom stereocenters. The van der Waals surface area contributed by atoms with Crippen LogP contribution >= 0.6 is 23.4 Å².